The van der Waals surface area contributed by atoms with Gasteiger partial charge in [0.15, 0.2) is 0 Å². The molecule has 1 aromatic rings. The molecule has 2 fully saturated rings. The van der Waals surface area contributed by atoms with Gasteiger partial charge in [0.1, 0.15) is 5.75 Å². The number of rotatable bonds is 7. The maximum atomic E-state index is 12.6. The second-order valence-electron chi connectivity index (χ2n) is 7.51. The number of carbonyl (C=O) groups excluding carboxylic acids is 2. The summed E-state index contributed by atoms with van der Waals surface area (Å²) in [5.74, 6) is 1.02. The zero-order chi connectivity index (χ0) is 19.9. The van der Waals surface area contributed by atoms with E-state index >= 15 is 0 Å². The van der Waals surface area contributed by atoms with Gasteiger partial charge in [-0.2, -0.15) is 0 Å². The molecule has 154 valence electrons. The first-order chi connectivity index (χ1) is 13.6. The molecule has 0 aliphatic carbocycles. The highest BCUT2D eigenvalue weighted by Gasteiger charge is 2.26. The Kier molecular flexibility index (Phi) is 7.28. The average Bonchev–Trinajstić information content (AvgIpc) is 2.94. The van der Waals surface area contributed by atoms with Gasteiger partial charge >= 0.3 is 0 Å². The largest absolute Gasteiger partial charge is 0.496 e. The maximum absolute atomic E-state index is 12.6. The predicted molar refractivity (Wildman–Crippen MR) is 106 cm³/mol. The molecule has 0 radical (unpaired) electrons. The molecule has 0 spiro atoms. The van der Waals surface area contributed by atoms with Crippen molar-refractivity contribution in [3.05, 3.63) is 29.3 Å². The molecule has 0 saturated carbocycles. The van der Waals surface area contributed by atoms with Gasteiger partial charge in [-0.25, -0.2) is 0 Å². The third kappa shape index (κ3) is 5.23. The van der Waals surface area contributed by atoms with Gasteiger partial charge in [0.25, 0.3) is 0 Å². The normalized spacial score (nSPS) is 18.4. The minimum Gasteiger partial charge on any atom is -0.496 e. The zero-order valence-corrected chi connectivity index (χ0v) is 17.0. The molecule has 2 heterocycles. The summed E-state index contributed by atoms with van der Waals surface area (Å²) in [5.41, 5.74) is 2.26. The predicted octanol–water partition coefficient (Wildman–Crippen LogP) is 1.50. The summed E-state index contributed by atoms with van der Waals surface area (Å²) in [6.45, 7) is 5.58. The highest BCUT2D eigenvalue weighted by atomic mass is 16.5. The summed E-state index contributed by atoms with van der Waals surface area (Å²) in [5, 5.41) is 0. The number of ether oxygens (including phenoxy) is 2. The Morgan fingerprint density at radius 2 is 1.93 bits per heavy atom. The van der Waals surface area contributed by atoms with Crippen molar-refractivity contribution in [3.8, 4) is 5.75 Å². The SMILES string of the molecule is COCc1cc(CN2CCCN(C(=O)CN3CCCC3=O)CC2)ccc1OC. The van der Waals surface area contributed by atoms with Gasteiger partial charge in [-0.15, -0.1) is 0 Å². The van der Waals surface area contributed by atoms with Crippen LogP contribution in [0, 0.1) is 0 Å². The van der Waals surface area contributed by atoms with Crippen molar-refractivity contribution < 1.29 is 19.1 Å². The van der Waals surface area contributed by atoms with Crippen LogP contribution < -0.4 is 4.74 Å². The standard InChI is InChI=1S/C21H31N3O4/c1-27-16-18-13-17(6-7-19(18)28-2)14-22-8-4-10-23(12-11-22)21(26)15-24-9-3-5-20(24)25/h6-7,13H,3-5,8-12,14-16H2,1-2H3. The zero-order valence-electron chi connectivity index (χ0n) is 17.0. The molecule has 0 bridgehead atoms. The molecule has 0 aromatic heterocycles. The quantitative estimate of drug-likeness (QED) is 0.707. The summed E-state index contributed by atoms with van der Waals surface area (Å²) in [4.78, 5) is 30.3. The lowest BCUT2D eigenvalue weighted by atomic mass is 10.1. The van der Waals surface area contributed by atoms with Crippen LogP contribution in [0.15, 0.2) is 18.2 Å². The van der Waals surface area contributed by atoms with Crippen LogP contribution in [0.1, 0.15) is 30.4 Å². The fourth-order valence-electron chi connectivity index (χ4n) is 3.97. The topological polar surface area (TPSA) is 62.3 Å². The first kappa shape index (κ1) is 20.6. The van der Waals surface area contributed by atoms with Crippen molar-refractivity contribution in [2.75, 3.05) is 53.5 Å². The molecule has 2 saturated heterocycles. The number of carbonyl (C=O) groups is 2. The second kappa shape index (κ2) is 9.89. The molecule has 2 aliphatic rings. The smallest absolute Gasteiger partial charge is 0.242 e. The Hall–Kier alpha value is -2.12. The van der Waals surface area contributed by atoms with E-state index < -0.39 is 0 Å². The lowest BCUT2D eigenvalue weighted by molar-refractivity contribution is -0.138. The van der Waals surface area contributed by atoms with Crippen molar-refractivity contribution in [3.63, 3.8) is 0 Å². The second-order valence-corrected chi connectivity index (χ2v) is 7.51. The highest BCUT2D eigenvalue weighted by Crippen LogP contribution is 2.22. The van der Waals surface area contributed by atoms with Crippen LogP contribution >= 0.6 is 0 Å². The Bertz CT molecular complexity index is 694. The minimum absolute atomic E-state index is 0.0731. The van der Waals surface area contributed by atoms with E-state index in [0.29, 0.717) is 26.1 Å². The van der Waals surface area contributed by atoms with E-state index in [2.05, 4.69) is 17.0 Å². The minimum atomic E-state index is 0.0731. The summed E-state index contributed by atoms with van der Waals surface area (Å²) in [7, 11) is 3.35. The third-order valence-electron chi connectivity index (χ3n) is 5.49. The maximum Gasteiger partial charge on any atom is 0.242 e. The highest BCUT2D eigenvalue weighted by molar-refractivity contribution is 5.85. The number of likely N-dealkylation sites (tertiary alicyclic amines) is 1. The summed E-state index contributed by atoms with van der Waals surface area (Å²) in [6.07, 6.45) is 2.39. The molecular weight excluding hydrogens is 358 g/mol. The number of hydrogen-bond donors (Lipinski definition) is 0. The van der Waals surface area contributed by atoms with Gasteiger partial charge in [-0.3, -0.25) is 14.5 Å². The monoisotopic (exact) mass is 389 g/mol. The van der Waals surface area contributed by atoms with E-state index in [9.17, 15) is 9.59 Å². The van der Waals surface area contributed by atoms with Crippen molar-refractivity contribution in [2.45, 2.75) is 32.4 Å². The van der Waals surface area contributed by atoms with Crippen molar-refractivity contribution >= 4 is 11.8 Å². The van der Waals surface area contributed by atoms with Gasteiger partial charge in [0.05, 0.1) is 20.3 Å². The molecule has 2 amide bonds. The van der Waals surface area contributed by atoms with Crippen molar-refractivity contribution in [1.82, 2.24) is 14.7 Å². The van der Waals surface area contributed by atoms with Crippen LogP contribution in [-0.2, 0) is 27.5 Å². The fourth-order valence-corrected chi connectivity index (χ4v) is 3.97. The van der Waals surface area contributed by atoms with Crippen LogP contribution in [0.3, 0.4) is 0 Å². The van der Waals surface area contributed by atoms with Crippen LogP contribution in [0.5, 0.6) is 5.75 Å². The lowest BCUT2D eigenvalue weighted by Gasteiger charge is -2.24. The molecule has 1 aromatic carbocycles. The molecule has 0 N–H and O–H groups in total. The molecule has 7 heteroatoms. The average molecular weight is 389 g/mol. The molecule has 0 atom stereocenters. The Balaban J connectivity index is 1.54. The Morgan fingerprint density at radius 1 is 1.07 bits per heavy atom. The van der Waals surface area contributed by atoms with E-state index in [4.69, 9.17) is 9.47 Å². The molecule has 2 aliphatic heterocycles. The number of benzene rings is 1. The van der Waals surface area contributed by atoms with Crippen LogP contribution in [-0.4, -0.2) is 80.0 Å². The van der Waals surface area contributed by atoms with Gasteiger partial charge < -0.3 is 19.3 Å². The van der Waals surface area contributed by atoms with E-state index in [0.717, 1.165) is 50.3 Å². The third-order valence-corrected chi connectivity index (χ3v) is 5.49. The number of methoxy groups -OCH3 is 2. The van der Waals surface area contributed by atoms with Crippen LogP contribution in [0.2, 0.25) is 0 Å². The van der Waals surface area contributed by atoms with Crippen LogP contribution in [0.25, 0.3) is 0 Å². The Morgan fingerprint density at radius 3 is 2.64 bits per heavy atom. The molecular formula is C21H31N3O4. The molecule has 3 rings (SSSR count). The van der Waals surface area contributed by atoms with E-state index in [1.165, 1.54) is 5.56 Å². The molecule has 7 nitrogen and oxygen atoms in total. The van der Waals surface area contributed by atoms with Crippen LogP contribution in [0.4, 0.5) is 0 Å². The first-order valence-corrected chi connectivity index (χ1v) is 10.0. The summed E-state index contributed by atoms with van der Waals surface area (Å²) >= 11 is 0. The van der Waals surface area contributed by atoms with Gasteiger partial charge in [0.2, 0.25) is 11.8 Å². The van der Waals surface area contributed by atoms with Gasteiger partial charge in [-0.05, 0) is 30.5 Å². The van der Waals surface area contributed by atoms with Gasteiger partial charge in [-0.1, -0.05) is 6.07 Å². The van der Waals surface area contributed by atoms with Crippen molar-refractivity contribution in [2.24, 2.45) is 0 Å². The number of amides is 2. The summed E-state index contributed by atoms with van der Waals surface area (Å²) < 4.78 is 10.7. The fraction of sp³-hybridized carbons (Fsp3) is 0.619. The van der Waals surface area contributed by atoms with E-state index in [-0.39, 0.29) is 18.4 Å². The van der Waals surface area contributed by atoms with E-state index in [1.54, 1.807) is 19.1 Å². The van der Waals surface area contributed by atoms with E-state index in [1.807, 2.05) is 11.0 Å². The molecule has 0 unspecified atom stereocenters. The molecule has 28 heavy (non-hydrogen) atoms. The first-order valence-electron chi connectivity index (χ1n) is 10.0. The lowest BCUT2D eigenvalue weighted by Crippen LogP contribution is -2.42. The number of nitrogens with zero attached hydrogens (tertiary/aromatic N) is 3. The number of hydrogen-bond acceptors (Lipinski definition) is 5. The Labute approximate surface area is 167 Å². The summed E-state index contributed by atoms with van der Waals surface area (Å²) in [6, 6.07) is 6.21. The van der Waals surface area contributed by atoms with Crippen molar-refractivity contribution in [1.29, 1.82) is 0 Å². The van der Waals surface area contributed by atoms with Gasteiger partial charge in [0, 0.05) is 58.4 Å².